The van der Waals surface area contributed by atoms with E-state index in [-0.39, 0.29) is 0 Å². The predicted molar refractivity (Wildman–Crippen MR) is 78.0 cm³/mol. The lowest BCUT2D eigenvalue weighted by molar-refractivity contribution is -0.150. The van der Waals surface area contributed by atoms with Gasteiger partial charge in [0.2, 0.25) is 0 Å². The van der Waals surface area contributed by atoms with Crippen LogP contribution in [0.2, 0.25) is 5.02 Å². The van der Waals surface area contributed by atoms with Gasteiger partial charge >= 0.3 is 5.97 Å². The van der Waals surface area contributed by atoms with Crippen molar-refractivity contribution in [2.45, 2.75) is 26.2 Å². The first-order valence-electron chi connectivity index (χ1n) is 6.70. The molecule has 0 radical (unpaired) electrons. The second kappa shape index (κ2) is 5.72. The van der Waals surface area contributed by atoms with Crippen LogP contribution in [-0.2, 0) is 4.79 Å². The smallest absolute Gasteiger partial charge is 0.309 e. The molecule has 1 aromatic rings. The van der Waals surface area contributed by atoms with Crippen LogP contribution in [0.3, 0.4) is 0 Å². The summed E-state index contributed by atoms with van der Waals surface area (Å²) in [5.74, 6) is -0.712. The molecule has 0 saturated carbocycles. The first kappa shape index (κ1) is 14.7. The molecule has 5 heteroatoms. The monoisotopic (exact) mass is 292 g/mol. The van der Waals surface area contributed by atoms with Crippen LogP contribution in [0.1, 0.15) is 31.7 Å². The first-order valence-corrected chi connectivity index (χ1v) is 7.08. The quantitative estimate of drug-likeness (QED) is 0.928. The molecule has 1 aliphatic rings. The zero-order valence-electron chi connectivity index (χ0n) is 11.4. The molecule has 1 aliphatic heterocycles. The molecule has 1 N–H and O–H groups in total. The Balaban J connectivity index is 2.19. The maximum absolute atomic E-state index is 11.4. The SMILES string of the molecule is CCC1(C(=O)O)CCN(c2ccc(Cl)cc2C#N)CC1. The summed E-state index contributed by atoms with van der Waals surface area (Å²) in [4.78, 5) is 13.5. The Kier molecular flexibility index (Phi) is 4.20. The van der Waals surface area contributed by atoms with E-state index in [2.05, 4.69) is 11.0 Å². The fourth-order valence-corrected chi connectivity index (χ4v) is 2.94. The van der Waals surface area contributed by atoms with Crippen molar-refractivity contribution in [3.63, 3.8) is 0 Å². The van der Waals surface area contributed by atoms with Crippen molar-refractivity contribution in [2.24, 2.45) is 5.41 Å². The van der Waals surface area contributed by atoms with E-state index in [0.717, 1.165) is 5.69 Å². The summed E-state index contributed by atoms with van der Waals surface area (Å²) in [6.07, 6.45) is 1.85. The molecule has 0 bridgehead atoms. The van der Waals surface area contributed by atoms with Crippen LogP contribution in [0, 0.1) is 16.7 Å². The van der Waals surface area contributed by atoms with Gasteiger partial charge < -0.3 is 10.0 Å². The van der Waals surface area contributed by atoms with Gasteiger partial charge in [0.1, 0.15) is 6.07 Å². The van der Waals surface area contributed by atoms with E-state index in [4.69, 9.17) is 11.6 Å². The number of rotatable bonds is 3. The molecule has 1 saturated heterocycles. The van der Waals surface area contributed by atoms with Crippen LogP contribution in [0.4, 0.5) is 5.69 Å². The van der Waals surface area contributed by atoms with Gasteiger partial charge in [-0.15, -0.1) is 0 Å². The minimum atomic E-state index is -0.712. The van der Waals surface area contributed by atoms with Gasteiger partial charge in [0, 0.05) is 18.1 Å². The van der Waals surface area contributed by atoms with Crippen molar-refractivity contribution >= 4 is 23.3 Å². The number of anilines is 1. The van der Waals surface area contributed by atoms with E-state index in [9.17, 15) is 15.2 Å². The van der Waals surface area contributed by atoms with Crippen molar-refractivity contribution in [1.82, 2.24) is 0 Å². The largest absolute Gasteiger partial charge is 0.481 e. The lowest BCUT2D eigenvalue weighted by Crippen LogP contribution is -2.44. The maximum atomic E-state index is 11.4. The van der Waals surface area contributed by atoms with Gasteiger partial charge in [-0.2, -0.15) is 5.26 Å². The highest BCUT2D eigenvalue weighted by Gasteiger charge is 2.40. The van der Waals surface area contributed by atoms with Crippen LogP contribution in [-0.4, -0.2) is 24.2 Å². The molecule has 2 rings (SSSR count). The number of piperidine rings is 1. The van der Waals surface area contributed by atoms with E-state index in [0.29, 0.717) is 42.9 Å². The van der Waals surface area contributed by atoms with Gasteiger partial charge in [-0.3, -0.25) is 4.79 Å². The number of nitrogens with zero attached hydrogens (tertiary/aromatic N) is 2. The Bertz CT molecular complexity index is 557. The van der Waals surface area contributed by atoms with Gasteiger partial charge in [0.05, 0.1) is 16.7 Å². The molecule has 20 heavy (non-hydrogen) atoms. The second-order valence-electron chi connectivity index (χ2n) is 5.20. The Labute approximate surface area is 123 Å². The summed E-state index contributed by atoms with van der Waals surface area (Å²) in [6, 6.07) is 7.39. The van der Waals surface area contributed by atoms with Gasteiger partial charge in [0.25, 0.3) is 0 Å². The van der Waals surface area contributed by atoms with E-state index in [1.165, 1.54) is 0 Å². The topological polar surface area (TPSA) is 64.3 Å². The average Bonchev–Trinajstić information content (AvgIpc) is 2.47. The van der Waals surface area contributed by atoms with Gasteiger partial charge in [0.15, 0.2) is 0 Å². The van der Waals surface area contributed by atoms with E-state index in [1.54, 1.807) is 12.1 Å². The van der Waals surface area contributed by atoms with Crippen molar-refractivity contribution in [2.75, 3.05) is 18.0 Å². The molecule has 0 unspecified atom stereocenters. The lowest BCUT2D eigenvalue weighted by atomic mass is 9.76. The minimum Gasteiger partial charge on any atom is -0.481 e. The third-order valence-electron chi connectivity index (χ3n) is 4.27. The Morgan fingerprint density at radius 2 is 2.15 bits per heavy atom. The van der Waals surface area contributed by atoms with Crippen molar-refractivity contribution in [3.8, 4) is 6.07 Å². The zero-order chi connectivity index (χ0) is 14.8. The van der Waals surface area contributed by atoms with Crippen molar-refractivity contribution in [3.05, 3.63) is 28.8 Å². The number of hydrogen-bond donors (Lipinski definition) is 1. The summed E-state index contributed by atoms with van der Waals surface area (Å²) in [5, 5.41) is 19.1. The van der Waals surface area contributed by atoms with Crippen LogP contribution in [0.15, 0.2) is 18.2 Å². The number of carbonyl (C=O) groups is 1. The number of nitriles is 1. The fraction of sp³-hybridized carbons (Fsp3) is 0.467. The van der Waals surface area contributed by atoms with Crippen LogP contribution in [0.5, 0.6) is 0 Å². The third-order valence-corrected chi connectivity index (χ3v) is 4.51. The maximum Gasteiger partial charge on any atom is 0.309 e. The van der Waals surface area contributed by atoms with E-state index in [1.807, 2.05) is 13.0 Å². The first-order chi connectivity index (χ1) is 9.52. The molecule has 0 atom stereocenters. The van der Waals surface area contributed by atoms with E-state index >= 15 is 0 Å². The lowest BCUT2D eigenvalue weighted by Gasteiger charge is -2.39. The average molecular weight is 293 g/mol. The van der Waals surface area contributed by atoms with E-state index < -0.39 is 11.4 Å². The molecule has 0 amide bonds. The molecule has 1 heterocycles. The van der Waals surface area contributed by atoms with Crippen LogP contribution >= 0.6 is 11.6 Å². The molecule has 0 aromatic heterocycles. The number of hydrogen-bond acceptors (Lipinski definition) is 3. The molecule has 0 aliphatic carbocycles. The third kappa shape index (κ3) is 2.59. The molecule has 4 nitrogen and oxygen atoms in total. The number of carboxylic acid groups (broad SMARTS) is 1. The molecule has 106 valence electrons. The molecule has 1 fully saturated rings. The van der Waals surface area contributed by atoms with Gasteiger partial charge in [-0.05, 0) is 37.5 Å². The fourth-order valence-electron chi connectivity index (χ4n) is 2.77. The normalized spacial score (nSPS) is 17.6. The highest BCUT2D eigenvalue weighted by atomic mass is 35.5. The Morgan fingerprint density at radius 3 is 2.65 bits per heavy atom. The Morgan fingerprint density at radius 1 is 1.50 bits per heavy atom. The standard InChI is InChI=1S/C15H17ClN2O2/c1-2-15(14(19)20)5-7-18(8-6-15)13-4-3-12(16)9-11(13)10-17/h3-4,9H,2,5-8H2,1H3,(H,19,20). The highest BCUT2D eigenvalue weighted by Crippen LogP contribution is 2.37. The summed E-state index contributed by atoms with van der Waals surface area (Å²) >= 11 is 5.90. The predicted octanol–water partition coefficient (Wildman–Crippen LogP) is 3.29. The number of halogens is 1. The van der Waals surface area contributed by atoms with Crippen molar-refractivity contribution in [1.29, 1.82) is 5.26 Å². The van der Waals surface area contributed by atoms with Crippen molar-refractivity contribution < 1.29 is 9.90 Å². The summed E-state index contributed by atoms with van der Waals surface area (Å²) in [5.41, 5.74) is 0.763. The number of aliphatic carboxylic acids is 1. The molecular formula is C15H17ClN2O2. The second-order valence-corrected chi connectivity index (χ2v) is 5.64. The van der Waals surface area contributed by atoms with Crippen LogP contribution in [0.25, 0.3) is 0 Å². The summed E-state index contributed by atoms with van der Waals surface area (Å²) in [7, 11) is 0. The zero-order valence-corrected chi connectivity index (χ0v) is 12.2. The molecule has 1 aromatic carbocycles. The summed E-state index contributed by atoms with van der Waals surface area (Å²) in [6.45, 7) is 3.22. The number of carboxylic acids is 1. The van der Waals surface area contributed by atoms with Gasteiger partial charge in [-0.1, -0.05) is 18.5 Å². The molecular weight excluding hydrogens is 276 g/mol. The minimum absolute atomic E-state index is 0.538. The van der Waals surface area contributed by atoms with Gasteiger partial charge in [-0.25, -0.2) is 0 Å². The Hall–Kier alpha value is -1.73. The van der Waals surface area contributed by atoms with Crippen LogP contribution < -0.4 is 4.90 Å². The summed E-state index contributed by atoms with van der Waals surface area (Å²) < 4.78 is 0. The number of benzene rings is 1. The molecule has 0 spiro atoms. The highest BCUT2D eigenvalue weighted by molar-refractivity contribution is 6.30.